The van der Waals surface area contributed by atoms with E-state index in [1.165, 1.54) is 65.1 Å². The molecule has 4 aromatic rings. The number of imide groups is 1. The van der Waals surface area contributed by atoms with E-state index in [0.29, 0.717) is 37.5 Å². The molecule has 3 amide bonds. The van der Waals surface area contributed by atoms with Crippen molar-refractivity contribution < 1.29 is 42.4 Å². The van der Waals surface area contributed by atoms with Crippen LogP contribution in [-0.4, -0.2) is 89.9 Å². The molecule has 3 aliphatic rings. The first kappa shape index (κ1) is 76.9. The molecule has 3 atom stereocenters. The topological polar surface area (TPSA) is 117 Å². The maximum Gasteiger partial charge on any atom is 0.337 e. The first-order valence-corrected chi connectivity index (χ1v) is 34.4. The van der Waals surface area contributed by atoms with Crippen LogP contribution in [0.25, 0.3) is 21.9 Å². The van der Waals surface area contributed by atoms with Crippen LogP contribution >= 0.6 is 11.6 Å². The van der Waals surface area contributed by atoms with Crippen LogP contribution in [0.4, 0.5) is 4.39 Å². The van der Waals surface area contributed by atoms with Gasteiger partial charge in [-0.25, -0.2) is 13.8 Å². The van der Waals surface area contributed by atoms with Gasteiger partial charge in [0, 0.05) is 72.1 Å². The number of hydrogen-bond acceptors (Lipinski definition) is 8. The molecule has 1 N–H and O–H groups in total. The number of nitrogens with zero attached hydrogens (tertiary/aromatic N) is 3. The molecule has 0 radical (unpaired) electrons. The van der Waals surface area contributed by atoms with Crippen LogP contribution in [0, 0.1) is 31.0 Å². The molecule has 1 saturated carbocycles. The number of ether oxygens (including phenoxy) is 3. The summed E-state index contributed by atoms with van der Waals surface area (Å²) in [7, 11) is 2.14. The van der Waals surface area contributed by atoms with Gasteiger partial charge in [0.05, 0.1) is 0 Å². The maximum atomic E-state index is 13.5. The van der Waals surface area contributed by atoms with Gasteiger partial charge in [-0.15, -0.1) is 0 Å². The van der Waals surface area contributed by atoms with Gasteiger partial charge in [0.2, 0.25) is 18.6 Å². The van der Waals surface area contributed by atoms with E-state index in [2.05, 4.69) is 119 Å². The van der Waals surface area contributed by atoms with Crippen molar-refractivity contribution in [2.75, 3.05) is 40.1 Å². The predicted molar refractivity (Wildman–Crippen MR) is 377 cm³/mol. The molecular formula is C78H113ClFN4O7+. The van der Waals surface area contributed by atoms with Gasteiger partial charge in [-0.2, -0.15) is 0 Å². The van der Waals surface area contributed by atoms with Gasteiger partial charge in [0.25, 0.3) is 5.91 Å². The lowest BCUT2D eigenvalue weighted by molar-refractivity contribution is -0.497. The second-order valence-corrected chi connectivity index (χ2v) is 26.4. The van der Waals surface area contributed by atoms with Crippen molar-refractivity contribution in [1.29, 1.82) is 0 Å². The van der Waals surface area contributed by atoms with Gasteiger partial charge in [0.1, 0.15) is 37.0 Å². The summed E-state index contributed by atoms with van der Waals surface area (Å²) in [5.41, 5.74) is 13.4. The van der Waals surface area contributed by atoms with E-state index in [9.17, 15) is 23.6 Å². The van der Waals surface area contributed by atoms with E-state index in [0.717, 1.165) is 138 Å². The molecule has 0 spiro atoms. The molecule has 3 unspecified atom stereocenters. The normalized spacial score (nSPS) is 15.7. The highest BCUT2D eigenvalue weighted by Crippen LogP contribution is 2.41. The number of halogens is 2. The Morgan fingerprint density at radius 1 is 0.857 bits per heavy atom. The number of rotatable bonds is 26. The largest absolute Gasteiger partial charge is 0.483 e. The Hall–Kier alpha value is -6.53. The molecule has 2 aliphatic heterocycles. The summed E-state index contributed by atoms with van der Waals surface area (Å²) in [6.45, 7) is 41.1. The first-order valence-electron chi connectivity index (χ1n) is 34.0. The van der Waals surface area contributed by atoms with Gasteiger partial charge >= 0.3 is 5.97 Å². The molecule has 7 rings (SSSR count). The number of unbranched alkanes of at least 4 members (excludes halogenated alkanes) is 1. The van der Waals surface area contributed by atoms with E-state index in [4.69, 9.17) is 25.8 Å². The summed E-state index contributed by atoms with van der Waals surface area (Å²) < 4.78 is 33.2. The fourth-order valence-corrected chi connectivity index (χ4v) is 12.3. The van der Waals surface area contributed by atoms with Crippen LogP contribution < -0.4 is 10.1 Å². The highest BCUT2D eigenvalue weighted by Gasteiger charge is 2.32. The molecule has 500 valence electrons. The summed E-state index contributed by atoms with van der Waals surface area (Å²) in [5, 5.41) is 5.31. The van der Waals surface area contributed by atoms with Crippen LogP contribution in [0.15, 0.2) is 102 Å². The summed E-state index contributed by atoms with van der Waals surface area (Å²) in [6.07, 6.45) is 17.2. The Morgan fingerprint density at radius 2 is 1.55 bits per heavy atom. The van der Waals surface area contributed by atoms with Crippen LogP contribution in [0.5, 0.6) is 5.75 Å². The Morgan fingerprint density at radius 3 is 2.12 bits per heavy atom. The van der Waals surface area contributed by atoms with E-state index >= 15 is 0 Å². The zero-order chi connectivity index (χ0) is 67.5. The number of benzene rings is 4. The van der Waals surface area contributed by atoms with Crippen molar-refractivity contribution in [3.8, 4) is 5.75 Å². The average Bonchev–Trinajstić information content (AvgIpc) is 0.819. The minimum Gasteiger partial charge on any atom is -0.483 e. The quantitative estimate of drug-likeness (QED) is 0.0165. The lowest BCUT2D eigenvalue weighted by Crippen LogP contribution is -2.50. The number of carbonyl (C=O) groups excluding carboxylic acids is 4. The third-order valence-corrected chi connectivity index (χ3v) is 18.3. The predicted octanol–water partition coefficient (Wildman–Crippen LogP) is 19.4. The van der Waals surface area contributed by atoms with Crippen LogP contribution in [-0.2, 0) is 35.2 Å². The zero-order valence-electron chi connectivity index (χ0n) is 58.9. The number of fused-ring (bicyclic) bond motifs is 1. The van der Waals surface area contributed by atoms with Crippen molar-refractivity contribution >= 4 is 62.9 Å². The molecule has 2 fully saturated rings. The van der Waals surface area contributed by atoms with Crippen LogP contribution in [0.2, 0.25) is 5.02 Å². The lowest BCUT2D eigenvalue weighted by atomic mass is 9.82. The first-order chi connectivity index (χ1) is 43.3. The Kier molecular flexibility index (Phi) is 32.5. The molecular weight excluding hydrogens is 1160 g/mol. The van der Waals surface area contributed by atoms with Gasteiger partial charge < -0.3 is 24.0 Å². The average molecular weight is 1270 g/mol. The Balaban J connectivity index is 0.000000297. The van der Waals surface area contributed by atoms with Crippen molar-refractivity contribution in [2.24, 2.45) is 11.3 Å². The molecule has 1 aliphatic carbocycles. The fraction of sp³-hybridized carbons (Fsp3) is 0.551. The number of allylic oxidation sites excluding steroid dienone is 4. The summed E-state index contributed by atoms with van der Waals surface area (Å²) in [6, 6.07) is 20.4. The summed E-state index contributed by atoms with van der Waals surface area (Å²) in [4.78, 5) is 53.5. The van der Waals surface area contributed by atoms with Gasteiger partial charge in [-0.05, 0) is 171 Å². The van der Waals surface area contributed by atoms with Gasteiger partial charge in [-0.3, -0.25) is 19.7 Å². The van der Waals surface area contributed by atoms with E-state index in [1.54, 1.807) is 12.3 Å². The Labute approximate surface area is 553 Å². The number of carbonyl (C=O) groups is 4. The molecule has 0 aromatic heterocycles. The summed E-state index contributed by atoms with van der Waals surface area (Å²) >= 11 is 6.88. The second-order valence-electron chi connectivity index (χ2n) is 26.0. The standard InChI is InChI=1S/C34H49ClNO3.C23H33N3O4.C14H15F.C7H16/c1-10-12-16-28(26(11-2)33(37)39-21-38-32(34(6,7)8)25-14-13-15-25)27-17-18-29(35)31(23(27)4)30-22(3)19-20-36(9)24(30)5;1-5-13-26(14-6-2)22(28)16-30-20-10-8-9-17(4)18(20)15-25(7-3)19-11-12-21(27)24-23(19)29;1-3-10(2)13-6-4-5-11-9-12(15)7-8-14(11)13;1-4-6-7(3)5-2/h17-18H,10-16,19-21H2,1-9H3;7-10,19H,3,5-6,11-16H2,1-2,4H3,(H,24,27,29);4-10H,3H2,1-2H3;7H,4-6H2,1-3H3/q+1;;;/b28-26+;;;. The van der Waals surface area contributed by atoms with Crippen molar-refractivity contribution in [2.45, 2.75) is 232 Å². The second kappa shape index (κ2) is 38.5. The van der Waals surface area contributed by atoms with E-state index < -0.39 is 6.04 Å². The van der Waals surface area contributed by atoms with Crippen molar-refractivity contribution in [3.05, 3.63) is 146 Å². The van der Waals surface area contributed by atoms with Gasteiger partial charge in [0.15, 0.2) is 12.3 Å². The van der Waals surface area contributed by atoms with Crippen molar-refractivity contribution in [3.63, 3.8) is 0 Å². The number of aryl methyl sites for hydroxylation is 1. The van der Waals surface area contributed by atoms with Gasteiger partial charge in [-0.1, -0.05) is 175 Å². The molecule has 2 heterocycles. The SMILES string of the molecule is C=CN(Cc1c(C)cccc1OCC(=O)N(CCC)CCC)C1CCC(=O)NC1=O.CCC(C)c1cccc2cc(F)ccc12.CCCC(C)CC.CCCC/C(=C(/CC)C(=O)OCOC(=C1CCC1)C(C)(C)C)c1ccc(Cl)c(C2=C(C)CC[N+](C)=C2C)c1C. The third-order valence-electron chi connectivity index (χ3n) is 18.0. The maximum absolute atomic E-state index is 13.5. The minimum atomic E-state index is -0.459. The molecule has 4 aromatic carbocycles. The van der Waals surface area contributed by atoms with E-state index in [1.807, 2.05) is 80.0 Å². The molecule has 11 nitrogen and oxygen atoms in total. The van der Waals surface area contributed by atoms with Crippen LogP contribution in [0.3, 0.4) is 0 Å². The zero-order valence-corrected chi connectivity index (χ0v) is 59.6. The molecule has 13 heteroatoms. The smallest absolute Gasteiger partial charge is 0.337 e. The van der Waals surface area contributed by atoms with Crippen molar-refractivity contribution in [1.82, 2.24) is 15.1 Å². The third kappa shape index (κ3) is 22.3. The van der Waals surface area contributed by atoms with Crippen LogP contribution in [0.1, 0.15) is 239 Å². The minimum absolute atomic E-state index is 0.0248. The number of piperidine rings is 1. The number of amides is 3. The number of nitrogens with one attached hydrogen (secondary N) is 1. The molecule has 0 bridgehead atoms. The monoisotopic (exact) mass is 1270 g/mol. The summed E-state index contributed by atoms with van der Waals surface area (Å²) in [5.74, 6) is 2.03. The Bertz CT molecular complexity index is 3210. The van der Waals surface area contributed by atoms with E-state index in [-0.39, 0.29) is 48.3 Å². The number of esters is 1. The highest BCUT2D eigenvalue weighted by molar-refractivity contribution is 6.35. The highest BCUT2D eigenvalue weighted by atomic mass is 35.5. The number of hydrogen-bond donors (Lipinski definition) is 1. The molecule has 1 saturated heterocycles. The fourth-order valence-electron chi connectivity index (χ4n) is 12.0. The lowest BCUT2D eigenvalue weighted by Gasteiger charge is -2.32. The molecule has 91 heavy (non-hydrogen) atoms.